The number of amides is 2. The first-order valence-electron chi connectivity index (χ1n) is 6.78. The predicted octanol–water partition coefficient (Wildman–Crippen LogP) is 2.15. The van der Waals surface area contributed by atoms with E-state index in [-0.39, 0.29) is 17.9 Å². The Kier molecular flexibility index (Phi) is 4.20. The van der Waals surface area contributed by atoms with Crippen molar-refractivity contribution in [2.75, 3.05) is 0 Å². The quantitative estimate of drug-likeness (QED) is 0.870. The number of carbonyl (C=O) groups is 2. The van der Waals surface area contributed by atoms with Crippen LogP contribution in [0.2, 0.25) is 0 Å². The fraction of sp³-hybridized carbons (Fsp3) is 0.467. The van der Waals surface area contributed by atoms with Crippen LogP contribution in [0.5, 0.6) is 0 Å². The SMILES string of the molecule is CC(NC(=O)C1CCCC1)c1ccc(C(N)=O)cc1. The van der Waals surface area contributed by atoms with Crippen LogP contribution < -0.4 is 11.1 Å². The van der Waals surface area contributed by atoms with Crippen LogP contribution in [0.25, 0.3) is 0 Å². The molecule has 0 radical (unpaired) electrons. The van der Waals surface area contributed by atoms with E-state index in [1.54, 1.807) is 12.1 Å². The first-order chi connectivity index (χ1) is 9.08. The Labute approximate surface area is 113 Å². The van der Waals surface area contributed by atoms with Gasteiger partial charge in [0.1, 0.15) is 0 Å². The number of carbonyl (C=O) groups excluding carboxylic acids is 2. The third-order valence-electron chi connectivity index (χ3n) is 3.78. The molecule has 0 heterocycles. The maximum absolute atomic E-state index is 12.0. The summed E-state index contributed by atoms with van der Waals surface area (Å²) >= 11 is 0. The van der Waals surface area contributed by atoms with Gasteiger partial charge in [-0.2, -0.15) is 0 Å². The average molecular weight is 260 g/mol. The zero-order valence-electron chi connectivity index (χ0n) is 11.2. The van der Waals surface area contributed by atoms with Gasteiger partial charge in [-0.3, -0.25) is 9.59 Å². The van der Waals surface area contributed by atoms with Gasteiger partial charge in [-0.05, 0) is 37.5 Å². The van der Waals surface area contributed by atoms with Gasteiger partial charge in [-0.1, -0.05) is 25.0 Å². The first kappa shape index (κ1) is 13.6. The fourth-order valence-electron chi connectivity index (χ4n) is 2.54. The summed E-state index contributed by atoms with van der Waals surface area (Å²) in [6, 6.07) is 7.00. The lowest BCUT2D eigenvalue weighted by molar-refractivity contribution is -0.125. The molecule has 102 valence electrons. The van der Waals surface area contributed by atoms with Crippen LogP contribution in [-0.4, -0.2) is 11.8 Å². The van der Waals surface area contributed by atoms with Gasteiger partial charge < -0.3 is 11.1 Å². The average Bonchev–Trinajstić information content (AvgIpc) is 2.92. The lowest BCUT2D eigenvalue weighted by Crippen LogP contribution is -2.31. The monoisotopic (exact) mass is 260 g/mol. The molecule has 0 spiro atoms. The summed E-state index contributed by atoms with van der Waals surface area (Å²) in [4.78, 5) is 23.0. The van der Waals surface area contributed by atoms with Crippen molar-refractivity contribution in [3.05, 3.63) is 35.4 Å². The van der Waals surface area contributed by atoms with Crippen molar-refractivity contribution < 1.29 is 9.59 Å². The molecule has 0 bridgehead atoms. The first-order valence-corrected chi connectivity index (χ1v) is 6.78. The summed E-state index contributed by atoms with van der Waals surface area (Å²) in [5.41, 5.74) is 6.66. The van der Waals surface area contributed by atoms with Crippen molar-refractivity contribution in [3.63, 3.8) is 0 Å². The topological polar surface area (TPSA) is 72.2 Å². The van der Waals surface area contributed by atoms with E-state index >= 15 is 0 Å². The van der Waals surface area contributed by atoms with E-state index in [0.717, 1.165) is 31.2 Å². The molecular formula is C15H20N2O2. The van der Waals surface area contributed by atoms with Crippen LogP contribution in [0.1, 0.15) is 54.6 Å². The highest BCUT2D eigenvalue weighted by molar-refractivity contribution is 5.92. The Hall–Kier alpha value is -1.84. The number of hydrogen-bond donors (Lipinski definition) is 2. The summed E-state index contributed by atoms with van der Waals surface area (Å²) in [7, 11) is 0. The van der Waals surface area contributed by atoms with E-state index in [2.05, 4.69) is 5.32 Å². The molecule has 1 aromatic rings. The van der Waals surface area contributed by atoms with Crippen LogP contribution in [-0.2, 0) is 4.79 Å². The Morgan fingerprint density at radius 3 is 2.32 bits per heavy atom. The van der Waals surface area contributed by atoms with Gasteiger partial charge in [0.2, 0.25) is 11.8 Å². The molecule has 19 heavy (non-hydrogen) atoms. The predicted molar refractivity (Wildman–Crippen MR) is 73.5 cm³/mol. The molecule has 1 aliphatic carbocycles. The molecule has 4 nitrogen and oxygen atoms in total. The molecule has 2 rings (SSSR count). The number of hydrogen-bond acceptors (Lipinski definition) is 2. The van der Waals surface area contributed by atoms with Crippen LogP contribution in [0, 0.1) is 5.92 Å². The van der Waals surface area contributed by atoms with Crippen LogP contribution in [0.3, 0.4) is 0 Å². The van der Waals surface area contributed by atoms with Gasteiger partial charge in [0, 0.05) is 11.5 Å². The minimum atomic E-state index is -0.436. The lowest BCUT2D eigenvalue weighted by Gasteiger charge is -2.17. The molecule has 1 aromatic carbocycles. The minimum Gasteiger partial charge on any atom is -0.366 e. The molecule has 1 atom stereocenters. The van der Waals surface area contributed by atoms with E-state index in [0.29, 0.717) is 5.56 Å². The van der Waals surface area contributed by atoms with Gasteiger partial charge >= 0.3 is 0 Å². The van der Waals surface area contributed by atoms with Crippen molar-refractivity contribution in [1.82, 2.24) is 5.32 Å². The van der Waals surface area contributed by atoms with Crippen molar-refractivity contribution in [2.45, 2.75) is 38.6 Å². The van der Waals surface area contributed by atoms with Crippen molar-refractivity contribution >= 4 is 11.8 Å². The van der Waals surface area contributed by atoms with Crippen molar-refractivity contribution in [2.24, 2.45) is 11.7 Å². The van der Waals surface area contributed by atoms with E-state index < -0.39 is 5.91 Å². The number of nitrogens with two attached hydrogens (primary N) is 1. The third-order valence-corrected chi connectivity index (χ3v) is 3.78. The van der Waals surface area contributed by atoms with Crippen LogP contribution in [0.4, 0.5) is 0 Å². The molecule has 1 unspecified atom stereocenters. The smallest absolute Gasteiger partial charge is 0.248 e. The maximum atomic E-state index is 12.0. The second-order valence-electron chi connectivity index (χ2n) is 5.20. The highest BCUT2D eigenvalue weighted by Crippen LogP contribution is 2.25. The molecule has 1 aliphatic rings. The largest absolute Gasteiger partial charge is 0.366 e. The maximum Gasteiger partial charge on any atom is 0.248 e. The van der Waals surface area contributed by atoms with Gasteiger partial charge in [-0.25, -0.2) is 0 Å². The van der Waals surface area contributed by atoms with Gasteiger partial charge in [0.15, 0.2) is 0 Å². The standard InChI is InChI=1S/C15H20N2O2/c1-10(17-15(19)13-4-2-3-5-13)11-6-8-12(9-7-11)14(16)18/h6-10,13H,2-5H2,1H3,(H2,16,18)(H,17,19). The second kappa shape index (κ2) is 5.87. The minimum absolute atomic E-state index is 0.0463. The highest BCUT2D eigenvalue weighted by atomic mass is 16.2. The van der Waals surface area contributed by atoms with Crippen molar-refractivity contribution in [1.29, 1.82) is 0 Å². The Bertz CT molecular complexity index is 462. The van der Waals surface area contributed by atoms with E-state index in [1.165, 1.54) is 0 Å². The molecule has 1 saturated carbocycles. The molecular weight excluding hydrogens is 240 g/mol. The molecule has 1 fully saturated rings. The molecule has 0 aliphatic heterocycles. The Morgan fingerprint density at radius 1 is 1.21 bits per heavy atom. The van der Waals surface area contributed by atoms with E-state index in [1.807, 2.05) is 19.1 Å². The number of rotatable bonds is 4. The number of benzene rings is 1. The normalized spacial score (nSPS) is 17.1. The molecule has 4 heteroatoms. The van der Waals surface area contributed by atoms with Crippen LogP contribution in [0.15, 0.2) is 24.3 Å². The fourth-order valence-corrected chi connectivity index (χ4v) is 2.54. The highest BCUT2D eigenvalue weighted by Gasteiger charge is 2.23. The zero-order valence-corrected chi connectivity index (χ0v) is 11.2. The second-order valence-corrected chi connectivity index (χ2v) is 5.20. The summed E-state index contributed by atoms with van der Waals surface area (Å²) in [6.45, 7) is 1.95. The zero-order chi connectivity index (χ0) is 13.8. The summed E-state index contributed by atoms with van der Waals surface area (Å²) in [5.74, 6) is -0.120. The molecule has 0 aromatic heterocycles. The Morgan fingerprint density at radius 2 is 1.79 bits per heavy atom. The van der Waals surface area contributed by atoms with Gasteiger partial charge in [-0.15, -0.1) is 0 Å². The molecule has 0 saturated heterocycles. The number of nitrogens with one attached hydrogen (secondary N) is 1. The third kappa shape index (κ3) is 3.34. The van der Waals surface area contributed by atoms with E-state index in [9.17, 15) is 9.59 Å². The van der Waals surface area contributed by atoms with Gasteiger partial charge in [0.05, 0.1) is 6.04 Å². The van der Waals surface area contributed by atoms with Crippen LogP contribution >= 0.6 is 0 Å². The molecule has 3 N–H and O–H groups in total. The van der Waals surface area contributed by atoms with Crippen molar-refractivity contribution in [3.8, 4) is 0 Å². The number of primary amides is 1. The van der Waals surface area contributed by atoms with E-state index in [4.69, 9.17) is 5.73 Å². The Balaban J connectivity index is 1.97. The molecule has 2 amide bonds. The van der Waals surface area contributed by atoms with Gasteiger partial charge in [0.25, 0.3) is 0 Å². The summed E-state index contributed by atoms with van der Waals surface area (Å²) in [5, 5.41) is 3.03. The summed E-state index contributed by atoms with van der Waals surface area (Å²) < 4.78 is 0. The summed E-state index contributed by atoms with van der Waals surface area (Å²) in [6.07, 6.45) is 4.30. The lowest BCUT2D eigenvalue weighted by atomic mass is 10.0.